The van der Waals surface area contributed by atoms with E-state index in [9.17, 15) is 23.1 Å². The van der Waals surface area contributed by atoms with Crippen molar-refractivity contribution < 1.29 is 23.1 Å². The van der Waals surface area contributed by atoms with Crippen molar-refractivity contribution in [2.75, 3.05) is 6.54 Å². The van der Waals surface area contributed by atoms with Crippen LogP contribution in [-0.2, 0) is 17.5 Å². The zero-order valence-corrected chi connectivity index (χ0v) is 19.6. The summed E-state index contributed by atoms with van der Waals surface area (Å²) >= 11 is 0. The van der Waals surface area contributed by atoms with Gasteiger partial charge in [0, 0.05) is 6.54 Å². The molecule has 3 aromatic rings. The lowest BCUT2D eigenvalue weighted by Crippen LogP contribution is -2.44. The van der Waals surface area contributed by atoms with Crippen LogP contribution < -0.4 is 0 Å². The molecule has 0 aliphatic carbocycles. The zero-order valence-electron chi connectivity index (χ0n) is 19.6. The summed E-state index contributed by atoms with van der Waals surface area (Å²) in [5, 5.41) is 9.48. The number of benzene rings is 3. The number of carboxylic acids is 1. The van der Waals surface area contributed by atoms with Crippen LogP contribution in [0.2, 0.25) is 0 Å². The molecule has 35 heavy (non-hydrogen) atoms. The first kappa shape index (κ1) is 24.7. The van der Waals surface area contributed by atoms with Crippen LogP contribution in [0.5, 0.6) is 0 Å². The second kappa shape index (κ2) is 10.5. The summed E-state index contributed by atoms with van der Waals surface area (Å²) < 4.78 is 41.9. The third kappa shape index (κ3) is 5.82. The van der Waals surface area contributed by atoms with Gasteiger partial charge < -0.3 is 5.11 Å². The molecule has 3 nitrogen and oxygen atoms in total. The molecule has 1 aliphatic rings. The molecule has 0 bridgehead atoms. The van der Waals surface area contributed by atoms with Crippen molar-refractivity contribution in [1.82, 2.24) is 4.90 Å². The van der Waals surface area contributed by atoms with Crippen LogP contribution in [0.3, 0.4) is 0 Å². The molecule has 0 unspecified atom stereocenters. The fraction of sp³-hybridized carbons (Fsp3) is 0.276. The lowest BCUT2D eigenvalue weighted by Gasteiger charge is -2.33. The highest BCUT2D eigenvalue weighted by Gasteiger charge is 2.34. The number of nitrogens with zero attached hydrogens (tertiary/aromatic N) is 1. The van der Waals surface area contributed by atoms with Crippen LogP contribution in [0.4, 0.5) is 13.2 Å². The molecule has 0 radical (unpaired) electrons. The first-order chi connectivity index (χ1) is 16.7. The van der Waals surface area contributed by atoms with Crippen LogP contribution in [0.15, 0.2) is 66.7 Å². The van der Waals surface area contributed by atoms with Gasteiger partial charge in [0.1, 0.15) is 6.04 Å². The van der Waals surface area contributed by atoms with E-state index in [1.807, 2.05) is 55.5 Å². The Hall–Kier alpha value is -3.38. The molecule has 6 heteroatoms. The second-order valence-electron chi connectivity index (χ2n) is 8.96. The number of aliphatic carboxylic acids is 1. The monoisotopic (exact) mass is 479 g/mol. The Bertz CT molecular complexity index is 1220. The summed E-state index contributed by atoms with van der Waals surface area (Å²) in [5.41, 5.74) is 3.76. The first-order valence-electron chi connectivity index (χ1n) is 11.7. The number of likely N-dealkylation sites (tertiary alicyclic amines) is 1. The van der Waals surface area contributed by atoms with Gasteiger partial charge in [-0.1, -0.05) is 79.2 Å². The van der Waals surface area contributed by atoms with Crippen molar-refractivity contribution >= 4 is 18.1 Å². The van der Waals surface area contributed by atoms with Gasteiger partial charge in [0.2, 0.25) is 0 Å². The van der Waals surface area contributed by atoms with Gasteiger partial charge in [-0.3, -0.25) is 9.69 Å². The van der Waals surface area contributed by atoms with Crippen LogP contribution in [0.25, 0.3) is 23.3 Å². The normalized spacial score (nSPS) is 17.1. The van der Waals surface area contributed by atoms with Crippen LogP contribution in [-0.4, -0.2) is 28.6 Å². The molecule has 1 aliphatic heterocycles. The summed E-state index contributed by atoms with van der Waals surface area (Å²) in [4.78, 5) is 13.3. The molecule has 0 aromatic heterocycles. The average molecular weight is 480 g/mol. The molecular formula is C29H28F3NO2. The van der Waals surface area contributed by atoms with Crippen molar-refractivity contribution in [2.45, 2.75) is 44.9 Å². The summed E-state index contributed by atoms with van der Waals surface area (Å²) in [6.45, 7) is 2.71. The average Bonchev–Trinajstić information content (AvgIpc) is 2.84. The van der Waals surface area contributed by atoms with Gasteiger partial charge in [-0.25, -0.2) is 0 Å². The molecule has 0 saturated carbocycles. The second-order valence-corrected chi connectivity index (χ2v) is 8.96. The van der Waals surface area contributed by atoms with Crippen LogP contribution in [0, 0.1) is 6.92 Å². The predicted octanol–water partition coefficient (Wildman–Crippen LogP) is 7.29. The van der Waals surface area contributed by atoms with Gasteiger partial charge in [-0.05, 0) is 65.8 Å². The lowest BCUT2D eigenvalue weighted by molar-refractivity contribution is -0.145. The third-order valence-electron chi connectivity index (χ3n) is 6.61. The Kier molecular flexibility index (Phi) is 7.41. The fourth-order valence-electron chi connectivity index (χ4n) is 4.73. The minimum atomic E-state index is -4.52. The minimum Gasteiger partial charge on any atom is -0.480 e. The maximum Gasteiger partial charge on any atom is 0.416 e. The van der Waals surface area contributed by atoms with Crippen molar-refractivity contribution in [1.29, 1.82) is 0 Å². The van der Waals surface area contributed by atoms with E-state index in [1.165, 1.54) is 12.1 Å². The van der Waals surface area contributed by atoms with E-state index in [0.717, 1.165) is 41.2 Å². The molecule has 0 amide bonds. The fourth-order valence-corrected chi connectivity index (χ4v) is 4.73. The Morgan fingerprint density at radius 3 is 2.46 bits per heavy atom. The smallest absolute Gasteiger partial charge is 0.416 e. The first-order valence-corrected chi connectivity index (χ1v) is 11.7. The van der Waals surface area contributed by atoms with E-state index in [2.05, 4.69) is 0 Å². The van der Waals surface area contributed by atoms with Gasteiger partial charge in [0.05, 0.1) is 5.56 Å². The van der Waals surface area contributed by atoms with E-state index in [-0.39, 0.29) is 12.1 Å². The van der Waals surface area contributed by atoms with E-state index in [1.54, 1.807) is 17.0 Å². The highest BCUT2D eigenvalue weighted by atomic mass is 19.4. The van der Waals surface area contributed by atoms with Crippen LogP contribution in [0.1, 0.15) is 47.1 Å². The number of piperidine rings is 1. The molecule has 1 fully saturated rings. The zero-order chi connectivity index (χ0) is 25.0. The molecule has 182 valence electrons. The van der Waals surface area contributed by atoms with E-state index in [0.29, 0.717) is 18.5 Å². The number of halogens is 3. The Balaban J connectivity index is 1.63. The summed E-state index contributed by atoms with van der Waals surface area (Å²) in [6.07, 6.45) is 0.879. The summed E-state index contributed by atoms with van der Waals surface area (Å²) in [6, 6.07) is 19.3. The molecule has 1 N–H and O–H groups in total. The maximum atomic E-state index is 14.0. The highest BCUT2D eigenvalue weighted by Crippen LogP contribution is 2.35. The Morgan fingerprint density at radius 2 is 1.74 bits per heavy atom. The standard InChI is InChI=1S/C29H28F3NO2/c1-20-22(10-7-11-25(20)23-8-3-2-4-9-23)15-16-24-14-13-21(18-26(24)29(30,31)32)19-33-17-6-5-12-27(33)28(34)35/h2-4,7-11,13-16,18,27H,5-6,12,17,19H2,1H3,(H,34,35)/b16-15+/t27-/m0/s1. The van der Waals surface area contributed by atoms with Crippen molar-refractivity contribution in [2.24, 2.45) is 0 Å². The van der Waals surface area contributed by atoms with Crippen molar-refractivity contribution in [3.05, 3.63) is 94.5 Å². The molecule has 1 atom stereocenters. The Morgan fingerprint density at radius 1 is 1.00 bits per heavy atom. The SMILES string of the molecule is Cc1c(/C=C/c2ccc(CN3CCCC[C@H]3C(=O)O)cc2C(F)(F)F)cccc1-c1ccccc1. The largest absolute Gasteiger partial charge is 0.480 e. The third-order valence-corrected chi connectivity index (χ3v) is 6.61. The van der Waals surface area contributed by atoms with Gasteiger partial charge in [-0.15, -0.1) is 0 Å². The minimum absolute atomic E-state index is 0.0826. The van der Waals surface area contributed by atoms with Crippen molar-refractivity contribution in [3.63, 3.8) is 0 Å². The number of carbonyl (C=O) groups is 1. The number of rotatable bonds is 6. The Labute approximate surface area is 203 Å². The van der Waals surface area contributed by atoms with E-state index < -0.39 is 23.8 Å². The van der Waals surface area contributed by atoms with Gasteiger partial charge in [-0.2, -0.15) is 13.2 Å². The molecular weight excluding hydrogens is 451 g/mol. The molecule has 1 saturated heterocycles. The molecule has 3 aromatic carbocycles. The molecule has 4 rings (SSSR count). The maximum absolute atomic E-state index is 14.0. The number of carboxylic acid groups (broad SMARTS) is 1. The number of hydrogen-bond donors (Lipinski definition) is 1. The predicted molar refractivity (Wildman–Crippen MR) is 133 cm³/mol. The highest BCUT2D eigenvalue weighted by molar-refractivity contribution is 5.78. The van der Waals surface area contributed by atoms with E-state index >= 15 is 0 Å². The quantitative estimate of drug-likeness (QED) is 0.378. The lowest BCUT2D eigenvalue weighted by atomic mass is 9.95. The number of hydrogen-bond acceptors (Lipinski definition) is 2. The van der Waals surface area contributed by atoms with Crippen LogP contribution >= 0.6 is 0 Å². The summed E-state index contributed by atoms with van der Waals surface area (Å²) in [7, 11) is 0. The van der Waals surface area contributed by atoms with Crippen molar-refractivity contribution in [3.8, 4) is 11.1 Å². The van der Waals surface area contributed by atoms with E-state index in [4.69, 9.17) is 0 Å². The van der Waals surface area contributed by atoms with Gasteiger partial charge in [0.15, 0.2) is 0 Å². The molecule has 0 spiro atoms. The summed E-state index contributed by atoms with van der Waals surface area (Å²) in [5.74, 6) is -0.923. The molecule has 1 heterocycles. The number of alkyl halides is 3. The topological polar surface area (TPSA) is 40.5 Å². The van der Waals surface area contributed by atoms with Gasteiger partial charge in [0.25, 0.3) is 0 Å². The van der Waals surface area contributed by atoms with Gasteiger partial charge >= 0.3 is 12.1 Å².